The van der Waals surface area contributed by atoms with Gasteiger partial charge < -0.3 is 9.47 Å². The van der Waals surface area contributed by atoms with Crippen molar-refractivity contribution in [2.24, 2.45) is 5.92 Å². The van der Waals surface area contributed by atoms with Crippen LogP contribution in [-0.2, 0) is 4.74 Å². The van der Waals surface area contributed by atoms with Crippen LogP contribution in [0.2, 0.25) is 0 Å². The summed E-state index contributed by atoms with van der Waals surface area (Å²) in [6.07, 6.45) is 0. The van der Waals surface area contributed by atoms with Gasteiger partial charge in [-0.15, -0.1) is 0 Å². The van der Waals surface area contributed by atoms with Crippen LogP contribution in [0.1, 0.15) is 19.4 Å². The van der Waals surface area contributed by atoms with Crippen LogP contribution >= 0.6 is 15.9 Å². The fourth-order valence-corrected chi connectivity index (χ4v) is 1.66. The lowest BCUT2D eigenvalue weighted by Crippen LogP contribution is -2.10. The van der Waals surface area contributed by atoms with Crippen molar-refractivity contribution in [3.8, 4) is 11.8 Å². The molecule has 0 atom stereocenters. The van der Waals surface area contributed by atoms with Crippen LogP contribution in [0.15, 0.2) is 22.7 Å². The minimum atomic E-state index is 0.519. The lowest BCUT2D eigenvalue weighted by molar-refractivity contribution is 0.0819. The molecule has 0 amide bonds. The third-order valence-corrected chi connectivity index (χ3v) is 2.66. The van der Waals surface area contributed by atoms with Gasteiger partial charge in [0.1, 0.15) is 18.4 Å². The predicted molar refractivity (Wildman–Crippen MR) is 70.0 cm³/mol. The highest BCUT2D eigenvalue weighted by molar-refractivity contribution is 9.10. The summed E-state index contributed by atoms with van der Waals surface area (Å²) in [4.78, 5) is 0. The molecule has 92 valence electrons. The first-order valence-electron chi connectivity index (χ1n) is 5.53. The number of ether oxygens (including phenoxy) is 2. The van der Waals surface area contributed by atoms with E-state index in [0.29, 0.717) is 24.7 Å². The van der Waals surface area contributed by atoms with Gasteiger partial charge in [0.2, 0.25) is 0 Å². The highest BCUT2D eigenvalue weighted by Crippen LogP contribution is 2.22. The molecule has 0 bridgehead atoms. The maximum absolute atomic E-state index is 8.77. The second-order valence-corrected chi connectivity index (χ2v) is 4.93. The minimum absolute atomic E-state index is 0.519. The lowest BCUT2D eigenvalue weighted by Gasteiger charge is -2.09. The van der Waals surface area contributed by atoms with Crippen molar-refractivity contribution in [2.75, 3.05) is 19.8 Å². The van der Waals surface area contributed by atoms with Gasteiger partial charge in [-0.2, -0.15) is 5.26 Å². The summed E-state index contributed by atoms with van der Waals surface area (Å²) in [6, 6.07) is 7.39. The topological polar surface area (TPSA) is 42.2 Å². The van der Waals surface area contributed by atoms with Crippen molar-refractivity contribution in [3.63, 3.8) is 0 Å². The van der Waals surface area contributed by atoms with Gasteiger partial charge in [0.15, 0.2) is 0 Å². The Morgan fingerprint density at radius 1 is 1.35 bits per heavy atom. The van der Waals surface area contributed by atoms with E-state index in [1.165, 1.54) is 0 Å². The number of hydrogen-bond acceptors (Lipinski definition) is 3. The normalized spacial score (nSPS) is 10.3. The first-order chi connectivity index (χ1) is 8.13. The summed E-state index contributed by atoms with van der Waals surface area (Å²) in [5.41, 5.74) is 0.605. The highest BCUT2D eigenvalue weighted by atomic mass is 79.9. The molecule has 0 aliphatic rings. The van der Waals surface area contributed by atoms with Gasteiger partial charge in [-0.3, -0.25) is 0 Å². The number of benzene rings is 1. The second kappa shape index (κ2) is 7.31. The van der Waals surface area contributed by atoms with E-state index in [1.54, 1.807) is 18.2 Å². The van der Waals surface area contributed by atoms with E-state index in [0.717, 1.165) is 16.8 Å². The molecule has 3 nitrogen and oxygen atoms in total. The molecular weight excluding hydrogens is 282 g/mol. The first-order valence-corrected chi connectivity index (χ1v) is 6.33. The summed E-state index contributed by atoms with van der Waals surface area (Å²) in [6.45, 7) is 6.07. The van der Waals surface area contributed by atoms with Crippen molar-refractivity contribution in [1.82, 2.24) is 0 Å². The average molecular weight is 298 g/mol. The molecule has 0 unspecified atom stereocenters. The monoisotopic (exact) mass is 297 g/mol. The Hall–Kier alpha value is -1.05. The molecule has 0 aliphatic heterocycles. The van der Waals surface area contributed by atoms with Crippen LogP contribution in [0, 0.1) is 17.2 Å². The van der Waals surface area contributed by atoms with E-state index in [2.05, 4.69) is 35.8 Å². The molecular formula is C13H16BrNO2. The van der Waals surface area contributed by atoms with Gasteiger partial charge in [0.05, 0.1) is 12.2 Å². The molecule has 0 heterocycles. The fourth-order valence-electron chi connectivity index (χ4n) is 1.21. The molecule has 4 heteroatoms. The zero-order valence-electron chi connectivity index (χ0n) is 10.1. The molecule has 0 aliphatic carbocycles. The third kappa shape index (κ3) is 5.20. The predicted octanol–water partition coefficient (Wildman–Crippen LogP) is 3.37. The number of nitrogens with zero attached hydrogens (tertiary/aromatic N) is 1. The Labute approximate surface area is 110 Å². The molecule has 1 aromatic rings. The minimum Gasteiger partial charge on any atom is -0.491 e. The van der Waals surface area contributed by atoms with E-state index in [9.17, 15) is 0 Å². The number of nitriles is 1. The van der Waals surface area contributed by atoms with E-state index >= 15 is 0 Å². The van der Waals surface area contributed by atoms with E-state index in [1.807, 2.05) is 0 Å². The summed E-state index contributed by atoms with van der Waals surface area (Å²) in [7, 11) is 0. The van der Waals surface area contributed by atoms with Gasteiger partial charge in [0, 0.05) is 11.1 Å². The Bertz CT molecular complexity index is 399. The molecule has 0 saturated heterocycles. The van der Waals surface area contributed by atoms with Gasteiger partial charge >= 0.3 is 0 Å². The summed E-state index contributed by atoms with van der Waals surface area (Å²) < 4.78 is 11.7. The number of hydrogen-bond donors (Lipinski definition) is 0. The Morgan fingerprint density at radius 2 is 2.12 bits per heavy atom. The molecule has 0 radical (unpaired) electrons. The molecule has 17 heavy (non-hydrogen) atoms. The molecule has 1 aromatic carbocycles. The quantitative estimate of drug-likeness (QED) is 0.756. The SMILES string of the molecule is CC(C)COCCOc1ccc(C#N)c(Br)c1. The standard InChI is InChI=1S/C13H16BrNO2/c1-10(2)9-16-5-6-17-12-4-3-11(8-15)13(14)7-12/h3-4,7,10H,5-6,9H2,1-2H3. The van der Waals surface area contributed by atoms with Gasteiger partial charge in [-0.25, -0.2) is 0 Å². The van der Waals surface area contributed by atoms with Crippen LogP contribution in [0.5, 0.6) is 5.75 Å². The second-order valence-electron chi connectivity index (χ2n) is 4.07. The number of halogens is 1. The summed E-state index contributed by atoms with van der Waals surface area (Å²) in [5, 5.41) is 8.77. The van der Waals surface area contributed by atoms with Crippen molar-refractivity contribution in [1.29, 1.82) is 5.26 Å². The van der Waals surface area contributed by atoms with Crippen LogP contribution < -0.4 is 4.74 Å². The largest absolute Gasteiger partial charge is 0.491 e. The zero-order valence-corrected chi connectivity index (χ0v) is 11.7. The maximum atomic E-state index is 8.77. The van der Waals surface area contributed by atoms with Crippen LogP contribution in [0.25, 0.3) is 0 Å². The fraction of sp³-hybridized carbons (Fsp3) is 0.462. The van der Waals surface area contributed by atoms with Gasteiger partial charge in [-0.1, -0.05) is 13.8 Å². The van der Waals surface area contributed by atoms with Crippen molar-refractivity contribution in [3.05, 3.63) is 28.2 Å². The Morgan fingerprint density at radius 3 is 2.71 bits per heavy atom. The van der Waals surface area contributed by atoms with Crippen molar-refractivity contribution >= 4 is 15.9 Å². The van der Waals surface area contributed by atoms with E-state index < -0.39 is 0 Å². The van der Waals surface area contributed by atoms with E-state index in [-0.39, 0.29) is 0 Å². The third-order valence-electron chi connectivity index (χ3n) is 2.01. The first kappa shape index (κ1) is 14.0. The molecule has 1 rings (SSSR count). The highest BCUT2D eigenvalue weighted by Gasteiger charge is 2.01. The maximum Gasteiger partial charge on any atom is 0.120 e. The van der Waals surface area contributed by atoms with Crippen LogP contribution in [0.3, 0.4) is 0 Å². The molecule has 0 N–H and O–H groups in total. The Balaban J connectivity index is 2.33. The molecule has 0 fully saturated rings. The van der Waals surface area contributed by atoms with Crippen LogP contribution in [0.4, 0.5) is 0 Å². The molecule has 0 spiro atoms. The lowest BCUT2D eigenvalue weighted by atomic mass is 10.2. The average Bonchev–Trinajstić information content (AvgIpc) is 2.28. The smallest absolute Gasteiger partial charge is 0.120 e. The Kier molecular flexibility index (Phi) is 6.03. The van der Waals surface area contributed by atoms with Gasteiger partial charge in [0.25, 0.3) is 0 Å². The van der Waals surface area contributed by atoms with Crippen molar-refractivity contribution in [2.45, 2.75) is 13.8 Å². The summed E-state index contributed by atoms with van der Waals surface area (Å²) >= 11 is 3.32. The van der Waals surface area contributed by atoms with Crippen molar-refractivity contribution < 1.29 is 9.47 Å². The molecule has 0 aromatic heterocycles. The summed E-state index contributed by atoms with van der Waals surface area (Å²) in [5.74, 6) is 1.28. The molecule has 0 saturated carbocycles. The number of rotatable bonds is 6. The van der Waals surface area contributed by atoms with Crippen LogP contribution in [-0.4, -0.2) is 19.8 Å². The zero-order chi connectivity index (χ0) is 12.7. The van der Waals surface area contributed by atoms with E-state index in [4.69, 9.17) is 14.7 Å². The van der Waals surface area contributed by atoms with Gasteiger partial charge in [-0.05, 0) is 40.0 Å².